The van der Waals surface area contributed by atoms with Crippen molar-refractivity contribution >= 4 is 12.0 Å². The van der Waals surface area contributed by atoms with E-state index in [9.17, 15) is 18.4 Å². The van der Waals surface area contributed by atoms with E-state index in [1.165, 1.54) is 30.2 Å². The average Bonchev–Trinajstić information content (AvgIpc) is 2.67. The number of ether oxygens (including phenoxy) is 3. The van der Waals surface area contributed by atoms with Crippen molar-refractivity contribution in [3.63, 3.8) is 0 Å². The Morgan fingerprint density at radius 3 is 2.66 bits per heavy atom. The number of halogens is 2. The molecule has 0 unspecified atom stereocenters. The molecule has 0 fully saturated rings. The van der Waals surface area contributed by atoms with E-state index >= 15 is 0 Å². The number of carbonyl (C=O) groups is 2. The van der Waals surface area contributed by atoms with E-state index < -0.39 is 24.7 Å². The SMILES string of the molecule is CCCCN1C(=O)N[C@@H](c2ccccc2OC(F)F)C(C(=O)OCCOC)=C1C. The first-order valence-electron chi connectivity index (χ1n) is 9.39. The molecule has 2 amide bonds. The lowest BCUT2D eigenvalue weighted by molar-refractivity contribution is -0.140. The maximum atomic E-state index is 12.8. The molecule has 1 atom stereocenters. The number of methoxy groups -OCH3 is 1. The van der Waals surface area contributed by atoms with Crippen LogP contribution < -0.4 is 10.1 Å². The number of nitrogens with zero attached hydrogens (tertiary/aromatic N) is 1. The molecule has 0 bridgehead atoms. The van der Waals surface area contributed by atoms with Gasteiger partial charge < -0.3 is 19.5 Å². The minimum Gasteiger partial charge on any atom is -0.460 e. The van der Waals surface area contributed by atoms with Gasteiger partial charge in [0.05, 0.1) is 18.2 Å². The summed E-state index contributed by atoms with van der Waals surface area (Å²) in [7, 11) is 1.48. The van der Waals surface area contributed by atoms with Crippen LogP contribution in [0.2, 0.25) is 0 Å². The maximum Gasteiger partial charge on any atom is 0.387 e. The summed E-state index contributed by atoms with van der Waals surface area (Å²) in [6.07, 6.45) is 1.60. The third-order valence-electron chi connectivity index (χ3n) is 4.52. The van der Waals surface area contributed by atoms with Crippen molar-refractivity contribution in [2.75, 3.05) is 26.9 Å². The molecule has 1 aromatic carbocycles. The van der Waals surface area contributed by atoms with Crippen molar-refractivity contribution < 1.29 is 32.6 Å². The fourth-order valence-corrected chi connectivity index (χ4v) is 3.08. The number of allylic oxidation sites excluding steroid dienone is 1. The van der Waals surface area contributed by atoms with Gasteiger partial charge in [-0.3, -0.25) is 4.90 Å². The highest BCUT2D eigenvalue weighted by molar-refractivity contribution is 5.95. The predicted molar refractivity (Wildman–Crippen MR) is 101 cm³/mol. The number of unbranched alkanes of at least 4 members (excludes halogenated alkanes) is 1. The second-order valence-corrected chi connectivity index (χ2v) is 6.43. The summed E-state index contributed by atoms with van der Waals surface area (Å²) in [5.41, 5.74) is 0.831. The molecule has 2 rings (SSSR count). The number of urea groups is 1. The molecule has 0 saturated carbocycles. The van der Waals surface area contributed by atoms with Gasteiger partial charge in [0.2, 0.25) is 0 Å². The van der Waals surface area contributed by atoms with E-state index in [0.717, 1.165) is 12.8 Å². The molecule has 29 heavy (non-hydrogen) atoms. The molecule has 1 aliphatic heterocycles. The molecule has 0 radical (unpaired) electrons. The summed E-state index contributed by atoms with van der Waals surface area (Å²) in [5.74, 6) is -0.775. The lowest BCUT2D eigenvalue weighted by Gasteiger charge is -2.35. The Morgan fingerprint density at radius 1 is 1.28 bits per heavy atom. The number of rotatable bonds is 10. The van der Waals surface area contributed by atoms with Crippen molar-refractivity contribution in [1.82, 2.24) is 10.2 Å². The molecule has 7 nitrogen and oxygen atoms in total. The molecule has 0 aliphatic carbocycles. The van der Waals surface area contributed by atoms with Gasteiger partial charge in [-0.25, -0.2) is 9.59 Å². The van der Waals surface area contributed by atoms with E-state index in [1.807, 2.05) is 6.92 Å². The van der Waals surface area contributed by atoms with Crippen LogP contribution in [0.25, 0.3) is 0 Å². The summed E-state index contributed by atoms with van der Waals surface area (Å²) in [5, 5.41) is 2.73. The lowest BCUT2D eigenvalue weighted by atomic mass is 9.94. The van der Waals surface area contributed by atoms with E-state index in [-0.39, 0.29) is 30.1 Å². The molecule has 0 aromatic heterocycles. The number of alkyl halides is 2. The van der Waals surface area contributed by atoms with Crippen LogP contribution in [-0.2, 0) is 14.3 Å². The van der Waals surface area contributed by atoms with Crippen LogP contribution in [0.1, 0.15) is 38.3 Å². The van der Waals surface area contributed by atoms with Crippen LogP contribution in [0.15, 0.2) is 35.5 Å². The number of nitrogens with one attached hydrogen (secondary N) is 1. The van der Waals surface area contributed by atoms with Crippen LogP contribution in [0, 0.1) is 0 Å². The smallest absolute Gasteiger partial charge is 0.387 e. The molecule has 160 valence electrons. The minimum absolute atomic E-state index is 0.0247. The van der Waals surface area contributed by atoms with Gasteiger partial charge in [-0.05, 0) is 19.4 Å². The number of carbonyl (C=O) groups excluding carboxylic acids is 2. The molecule has 1 heterocycles. The van der Waals surface area contributed by atoms with Crippen LogP contribution in [0.5, 0.6) is 5.75 Å². The quantitative estimate of drug-likeness (QED) is 0.469. The second kappa shape index (κ2) is 10.8. The predicted octanol–water partition coefficient (Wildman–Crippen LogP) is 3.62. The molecule has 9 heteroatoms. The zero-order chi connectivity index (χ0) is 21.4. The van der Waals surface area contributed by atoms with Crippen molar-refractivity contribution in [2.45, 2.75) is 39.3 Å². The van der Waals surface area contributed by atoms with Gasteiger partial charge in [0, 0.05) is 24.9 Å². The summed E-state index contributed by atoms with van der Waals surface area (Å²) < 4.78 is 40.5. The molecular weight excluding hydrogens is 386 g/mol. The van der Waals surface area contributed by atoms with Gasteiger partial charge in [-0.2, -0.15) is 8.78 Å². The van der Waals surface area contributed by atoms with Crippen molar-refractivity contribution in [2.24, 2.45) is 0 Å². The Kier molecular flexibility index (Phi) is 8.38. The van der Waals surface area contributed by atoms with Gasteiger partial charge in [0.1, 0.15) is 12.4 Å². The second-order valence-electron chi connectivity index (χ2n) is 6.43. The summed E-state index contributed by atoms with van der Waals surface area (Å²) in [6, 6.07) is 4.64. The van der Waals surface area contributed by atoms with Crippen molar-refractivity contribution in [3.8, 4) is 5.75 Å². The summed E-state index contributed by atoms with van der Waals surface area (Å²) in [6.45, 7) is 1.24. The van der Waals surface area contributed by atoms with Crippen LogP contribution in [-0.4, -0.2) is 50.4 Å². The fourth-order valence-electron chi connectivity index (χ4n) is 3.08. The lowest BCUT2D eigenvalue weighted by Crippen LogP contribution is -2.48. The molecule has 1 aliphatic rings. The largest absolute Gasteiger partial charge is 0.460 e. The number of esters is 1. The Balaban J connectivity index is 2.47. The third-order valence-corrected chi connectivity index (χ3v) is 4.52. The van der Waals surface area contributed by atoms with E-state index in [2.05, 4.69) is 10.1 Å². The molecule has 1 N–H and O–H groups in total. The first kappa shape index (κ1) is 22.6. The first-order chi connectivity index (χ1) is 13.9. The number of hydrogen-bond donors (Lipinski definition) is 1. The highest BCUT2D eigenvalue weighted by Gasteiger charge is 2.37. The third kappa shape index (κ3) is 5.66. The fraction of sp³-hybridized carbons (Fsp3) is 0.500. The topological polar surface area (TPSA) is 77.1 Å². The van der Waals surface area contributed by atoms with Crippen LogP contribution in [0.3, 0.4) is 0 Å². The van der Waals surface area contributed by atoms with E-state index in [4.69, 9.17) is 9.47 Å². The monoisotopic (exact) mass is 412 g/mol. The number of para-hydroxylation sites is 1. The van der Waals surface area contributed by atoms with Crippen molar-refractivity contribution in [1.29, 1.82) is 0 Å². The van der Waals surface area contributed by atoms with Gasteiger partial charge >= 0.3 is 18.6 Å². The zero-order valence-corrected chi connectivity index (χ0v) is 16.7. The van der Waals surface area contributed by atoms with E-state index in [0.29, 0.717) is 12.2 Å². The number of hydrogen-bond acceptors (Lipinski definition) is 5. The summed E-state index contributed by atoms with van der Waals surface area (Å²) in [4.78, 5) is 27.0. The first-order valence-corrected chi connectivity index (χ1v) is 9.39. The van der Waals surface area contributed by atoms with Crippen molar-refractivity contribution in [3.05, 3.63) is 41.1 Å². The van der Waals surface area contributed by atoms with Crippen LogP contribution in [0.4, 0.5) is 13.6 Å². The Hall–Kier alpha value is -2.68. The standard InChI is InChI=1S/C20H26F2N2O5/c1-4-5-10-24-13(2)16(18(25)28-12-11-27-3)17(23-20(24)26)14-8-6-7-9-15(14)29-19(21)22/h6-9,17,19H,4-5,10-12H2,1-3H3,(H,23,26)/t17-/m0/s1. The van der Waals surface area contributed by atoms with Gasteiger partial charge in [0.25, 0.3) is 0 Å². The van der Waals surface area contributed by atoms with Gasteiger partial charge in [-0.1, -0.05) is 31.5 Å². The Morgan fingerprint density at radius 2 is 2.00 bits per heavy atom. The highest BCUT2D eigenvalue weighted by Crippen LogP contribution is 2.36. The highest BCUT2D eigenvalue weighted by atomic mass is 19.3. The average molecular weight is 412 g/mol. The van der Waals surface area contributed by atoms with E-state index in [1.54, 1.807) is 13.0 Å². The molecule has 1 aromatic rings. The van der Waals surface area contributed by atoms with Gasteiger partial charge in [0.15, 0.2) is 0 Å². The van der Waals surface area contributed by atoms with Gasteiger partial charge in [-0.15, -0.1) is 0 Å². The number of benzene rings is 1. The number of amides is 2. The molecule has 0 spiro atoms. The molecule has 0 saturated heterocycles. The minimum atomic E-state index is -3.04. The Bertz CT molecular complexity index is 754. The Labute approximate surface area is 168 Å². The summed E-state index contributed by atoms with van der Waals surface area (Å²) >= 11 is 0. The molecular formula is C20H26F2N2O5. The normalized spacial score (nSPS) is 16.8. The maximum absolute atomic E-state index is 12.8. The van der Waals surface area contributed by atoms with Crippen LogP contribution >= 0.6 is 0 Å². The zero-order valence-electron chi connectivity index (χ0n) is 16.7.